The number of rotatable bonds is 10. The topological polar surface area (TPSA) is 58.6 Å². The number of ether oxygens (including phenoxy) is 1. The number of halogens is 1. The van der Waals surface area contributed by atoms with E-state index in [0.717, 1.165) is 11.1 Å². The van der Waals surface area contributed by atoms with Gasteiger partial charge in [-0.3, -0.25) is 9.59 Å². The number of nitrogens with zero attached hydrogens (tertiary/aromatic N) is 1. The molecule has 30 heavy (non-hydrogen) atoms. The van der Waals surface area contributed by atoms with Crippen LogP contribution >= 0.6 is 11.6 Å². The molecule has 1 atom stereocenters. The van der Waals surface area contributed by atoms with Crippen molar-refractivity contribution in [3.8, 4) is 5.75 Å². The van der Waals surface area contributed by atoms with Crippen molar-refractivity contribution >= 4 is 23.4 Å². The second-order valence-electron chi connectivity index (χ2n) is 7.84. The zero-order valence-corrected chi connectivity index (χ0v) is 18.9. The molecule has 0 bridgehead atoms. The van der Waals surface area contributed by atoms with Gasteiger partial charge < -0.3 is 15.0 Å². The Morgan fingerprint density at radius 1 is 1.10 bits per heavy atom. The van der Waals surface area contributed by atoms with Crippen LogP contribution in [0.3, 0.4) is 0 Å². The van der Waals surface area contributed by atoms with E-state index in [9.17, 15) is 9.59 Å². The highest BCUT2D eigenvalue weighted by Crippen LogP contribution is 2.21. The van der Waals surface area contributed by atoms with Gasteiger partial charge >= 0.3 is 0 Å². The number of carbonyl (C=O) groups is 2. The summed E-state index contributed by atoms with van der Waals surface area (Å²) in [4.78, 5) is 27.2. The molecule has 1 N–H and O–H groups in total. The molecule has 6 heteroatoms. The monoisotopic (exact) mass is 430 g/mol. The smallest absolute Gasteiger partial charge is 0.261 e. The molecule has 0 fully saturated rings. The zero-order valence-electron chi connectivity index (χ0n) is 18.2. The van der Waals surface area contributed by atoms with Gasteiger partial charge in [0, 0.05) is 18.1 Å². The first kappa shape index (κ1) is 23.7. The molecule has 0 spiro atoms. The number of aryl methyl sites for hydroxylation is 1. The van der Waals surface area contributed by atoms with Crippen LogP contribution in [0.1, 0.15) is 31.9 Å². The van der Waals surface area contributed by atoms with E-state index in [1.807, 2.05) is 51.1 Å². The first-order valence-corrected chi connectivity index (χ1v) is 10.7. The lowest BCUT2D eigenvalue weighted by Crippen LogP contribution is -2.50. The van der Waals surface area contributed by atoms with E-state index in [4.69, 9.17) is 16.3 Å². The van der Waals surface area contributed by atoms with Gasteiger partial charge in [0.25, 0.3) is 5.91 Å². The molecule has 0 aromatic heterocycles. The summed E-state index contributed by atoms with van der Waals surface area (Å²) in [6, 6.07) is 14.6. The molecule has 0 aliphatic carbocycles. The Kier molecular flexibility index (Phi) is 9.18. The van der Waals surface area contributed by atoms with E-state index in [2.05, 4.69) is 5.32 Å². The summed E-state index contributed by atoms with van der Waals surface area (Å²) in [5, 5.41) is 3.56. The number of amides is 2. The van der Waals surface area contributed by atoms with Crippen LogP contribution < -0.4 is 10.1 Å². The van der Waals surface area contributed by atoms with Crippen LogP contribution in [0.15, 0.2) is 48.5 Å². The van der Waals surface area contributed by atoms with Crippen LogP contribution in [0.2, 0.25) is 5.02 Å². The van der Waals surface area contributed by atoms with Gasteiger partial charge in [0.2, 0.25) is 5.91 Å². The highest BCUT2D eigenvalue weighted by atomic mass is 35.5. The van der Waals surface area contributed by atoms with Crippen molar-refractivity contribution in [3.63, 3.8) is 0 Å². The van der Waals surface area contributed by atoms with E-state index >= 15 is 0 Å². The fourth-order valence-electron chi connectivity index (χ4n) is 2.96. The second-order valence-corrected chi connectivity index (χ2v) is 8.24. The van der Waals surface area contributed by atoms with Crippen LogP contribution in [-0.2, 0) is 16.0 Å². The van der Waals surface area contributed by atoms with Crippen LogP contribution in [0.4, 0.5) is 0 Å². The van der Waals surface area contributed by atoms with Crippen LogP contribution in [0.25, 0.3) is 0 Å². The molecule has 2 amide bonds. The molecule has 2 aromatic carbocycles. The summed E-state index contributed by atoms with van der Waals surface area (Å²) in [7, 11) is 0. The standard InChI is InChI=1S/C24H31ClN2O3/c1-17(2)15-26-24(29)19(4)27(13-12-20-8-6-5-7-9-20)23(28)16-30-21-10-11-22(25)18(3)14-21/h5-11,14,17,19H,12-13,15-16H2,1-4H3,(H,26,29)/t19-/m1/s1. The fourth-order valence-corrected chi connectivity index (χ4v) is 3.08. The minimum Gasteiger partial charge on any atom is -0.484 e. The molecule has 2 rings (SSSR count). The Balaban J connectivity index is 2.06. The largest absolute Gasteiger partial charge is 0.484 e. The third-order valence-corrected chi connectivity index (χ3v) is 5.25. The Morgan fingerprint density at radius 3 is 2.43 bits per heavy atom. The van der Waals surface area contributed by atoms with Crippen molar-refractivity contribution < 1.29 is 14.3 Å². The van der Waals surface area contributed by atoms with Gasteiger partial charge in [-0.1, -0.05) is 55.8 Å². The molecule has 0 aliphatic heterocycles. The summed E-state index contributed by atoms with van der Waals surface area (Å²) in [6.45, 7) is 8.57. The summed E-state index contributed by atoms with van der Waals surface area (Å²) < 4.78 is 5.68. The van der Waals surface area contributed by atoms with Crippen LogP contribution in [-0.4, -0.2) is 42.5 Å². The minimum atomic E-state index is -0.587. The van der Waals surface area contributed by atoms with Gasteiger partial charge in [0.05, 0.1) is 0 Å². The highest BCUT2D eigenvalue weighted by Gasteiger charge is 2.26. The molecule has 0 radical (unpaired) electrons. The van der Waals surface area contributed by atoms with Crippen molar-refractivity contribution in [1.82, 2.24) is 10.2 Å². The second kappa shape index (κ2) is 11.6. The summed E-state index contributed by atoms with van der Waals surface area (Å²) in [5.74, 6) is 0.523. The quantitative estimate of drug-likeness (QED) is 0.612. The summed E-state index contributed by atoms with van der Waals surface area (Å²) in [6.07, 6.45) is 0.661. The lowest BCUT2D eigenvalue weighted by atomic mass is 10.1. The average Bonchev–Trinajstić information content (AvgIpc) is 2.73. The Hall–Kier alpha value is -2.53. The molecule has 5 nitrogen and oxygen atoms in total. The third-order valence-electron chi connectivity index (χ3n) is 4.83. The normalized spacial score (nSPS) is 11.8. The zero-order chi connectivity index (χ0) is 22.1. The van der Waals surface area contributed by atoms with Gasteiger partial charge in [-0.25, -0.2) is 0 Å². The van der Waals surface area contributed by atoms with E-state index in [1.165, 1.54) is 0 Å². The molecular weight excluding hydrogens is 400 g/mol. The highest BCUT2D eigenvalue weighted by molar-refractivity contribution is 6.31. The van der Waals surface area contributed by atoms with Crippen molar-refractivity contribution in [2.75, 3.05) is 19.7 Å². The number of benzene rings is 2. The van der Waals surface area contributed by atoms with E-state index < -0.39 is 6.04 Å². The SMILES string of the molecule is Cc1cc(OCC(=O)N(CCc2ccccc2)[C@H](C)C(=O)NCC(C)C)ccc1Cl. The van der Waals surface area contributed by atoms with Gasteiger partial charge in [-0.2, -0.15) is 0 Å². The maximum absolute atomic E-state index is 13.0. The van der Waals surface area contributed by atoms with E-state index in [1.54, 1.807) is 30.0 Å². The Labute approximate surface area is 184 Å². The number of carbonyl (C=O) groups excluding carboxylic acids is 2. The van der Waals surface area contributed by atoms with Crippen molar-refractivity contribution in [1.29, 1.82) is 0 Å². The van der Waals surface area contributed by atoms with Gasteiger partial charge in [-0.05, 0) is 55.5 Å². The molecule has 0 saturated heterocycles. The molecule has 2 aromatic rings. The van der Waals surface area contributed by atoms with Gasteiger partial charge in [-0.15, -0.1) is 0 Å². The molecule has 162 valence electrons. The number of nitrogens with one attached hydrogen (secondary N) is 1. The predicted octanol–water partition coefficient (Wildman–Crippen LogP) is 4.26. The maximum atomic E-state index is 13.0. The van der Waals surface area contributed by atoms with Crippen LogP contribution in [0, 0.1) is 12.8 Å². The minimum absolute atomic E-state index is 0.141. The summed E-state index contributed by atoms with van der Waals surface area (Å²) in [5.41, 5.74) is 1.99. The number of hydrogen-bond acceptors (Lipinski definition) is 3. The van der Waals surface area contributed by atoms with E-state index in [0.29, 0.717) is 36.2 Å². The lowest BCUT2D eigenvalue weighted by molar-refractivity contribution is -0.141. The summed E-state index contributed by atoms with van der Waals surface area (Å²) >= 11 is 6.05. The van der Waals surface area contributed by atoms with Crippen molar-refractivity contribution in [3.05, 3.63) is 64.7 Å². The third kappa shape index (κ3) is 7.38. The Morgan fingerprint density at radius 2 is 1.80 bits per heavy atom. The molecule has 0 heterocycles. The van der Waals surface area contributed by atoms with Crippen LogP contribution in [0.5, 0.6) is 5.75 Å². The average molecular weight is 431 g/mol. The molecule has 0 saturated carbocycles. The fraction of sp³-hybridized carbons (Fsp3) is 0.417. The lowest BCUT2D eigenvalue weighted by Gasteiger charge is -2.29. The van der Waals surface area contributed by atoms with Gasteiger partial charge in [0.1, 0.15) is 11.8 Å². The first-order chi connectivity index (χ1) is 14.3. The first-order valence-electron chi connectivity index (χ1n) is 10.3. The van der Waals surface area contributed by atoms with Crippen molar-refractivity contribution in [2.24, 2.45) is 5.92 Å². The maximum Gasteiger partial charge on any atom is 0.261 e. The Bertz CT molecular complexity index is 840. The molecule has 0 unspecified atom stereocenters. The van der Waals surface area contributed by atoms with Crippen molar-refractivity contribution in [2.45, 2.75) is 40.2 Å². The van der Waals surface area contributed by atoms with Gasteiger partial charge in [0.15, 0.2) is 6.61 Å². The number of hydrogen-bond donors (Lipinski definition) is 1. The predicted molar refractivity (Wildman–Crippen MR) is 121 cm³/mol. The molecular formula is C24H31ClN2O3. The van der Waals surface area contributed by atoms with E-state index in [-0.39, 0.29) is 18.4 Å². The molecule has 0 aliphatic rings.